The fourth-order valence-electron chi connectivity index (χ4n) is 2.11. The van der Waals surface area contributed by atoms with Crippen LogP contribution >= 0.6 is 0 Å². The Kier molecular flexibility index (Phi) is 3.29. The molecule has 98 valence electrons. The van der Waals surface area contributed by atoms with E-state index in [9.17, 15) is 5.11 Å². The first-order chi connectivity index (χ1) is 9.31. The number of hydrogen-bond donors (Lipinski definition) is 2. The van der Waals surface area contributed by atoms with E-state index >= 15 is 0 Å². The molecule has 0 saturated carbocycles. The van der Waals surface area contributed by atoms with E-state index in [0.29, 0.717) is 11.5 Å². The highest BCUT2D eigenvalue weighted by molar-refractivity contribution is 5.33. The number of rotatable bonds is 3. The van der Waals surface area contributed by atoms with Gasteiger partial charge in [-0.25, -0.2) is 9.97 Å². The molecular weight excluding hydrogens is 242 g/mol. The third kappa shape index (κ3) is 2.82. The van der Waals surface area contributed by atoms with Crippen molar-refractivity contribution in [1.82, 2.24) is 15.3 Å². The van der Waals surface area contributed by atoms with Crippen LogP contribution in [0.25, 0.3) is 0 Å². The molecule has 1 aromatic carbocycles. The lowest BCUT2D eigenvalue weighted by Crippen LogP contribution is -2.15. The van der Waals surface area contributed by atoms with Crippen molar-refractivity contribution in [2.45, 2.75) is 18.9 Å². The second kappa shape index (κ2) is 5.24. The molecule has 1 saturated heterocycles. The fourth-order valence-corrected chi connectivity index (χ4v) is 2.11. The molecule has 3 rings (SSSR count). The molecular formula is C14H15N3O2. The number of hydrogen-bond acceptors (Lipinski definition) is 5. The van der Waals surface area contributed by atoms with E-state index in [1.54, 1.807) is 36.7 Å². The Hall–Kier alpha value is -2.14. The SMILES string of the molecule is Oc1ccc(Oc2cnc(C3CCCN3)nc2)cc1. The third-order valence-corrected chi connectivity index (χ3v) is 3.09. The monoisotopic (exact) mass is 257 g/mol. The Morgan fingerprint density at radius 2 is 1.84 bits per heavy atom. The summed E-state index contributed by atoms with van der Waals surface area (Å²) in [5, 5.41) is 12.5. The van der Waals surface area contributed by atoms with Gasteiger partial charge in [0.25, 0.3) is 0 Å². The van der Waals surface area contributed by atoms with Gasteiger partial charge < -0.3 is 15.2 Å². The van der Waals surface area contributed by atoms with Crippen molar-refractivity contribution in [3.05, 3.63) is 42.5 Å². The third-order valence-electron chi connectivity index (χ3n) is 3.09. The number of benzene rings is 1. The topological polar surface area (TPSA) is 67.3 Å². The summed E-state index contributed by atoms with van der Waals surface area (Å²) in [6.07, 6.45) is 5.60. The van der Waals surface area contributed by atoms with Gasteiger partial charge in [0.05, 0.1) is 18.4 Å². The summed E-state index contributed by atoms with van der Waals surface area (Å²) in [6.45, 7) is 1.03. The van der Waals surface area contributed by atoms with E-state index in [0.717, 1.165) is 18.8 Å². The second-order valence-electron chi connectivity index (χ2n) is 4.52. The molecule has 0 amide bonds. The lowest BCUT2D eigenvalue weighted by atomic mass is 10.2. The van der Waals surface area contributed by atoms with Crippen LogP contribution < -0.4 is 10.1 Å². The molecule has 0 radical (unpaired) electrons. The normalized spacial score (nSPS) is 18.4. The molecule has 2 heterocycles. The molecule has 1 atom stereocenters. The minimum atomic E-state index is 0.214. The van der Waals surface area contributed by atoms with Gasteiger partial charge in [-0.15, -0.1) is 0 Å². The van der Waals surface area contributed by atoms with Crippen LogP contribution in [0.3, 0.4) is 0 Å². The van der Waals surface area contributed by atoms with Crippen LogP contribution in [0.2, 0.25) is 0 Å². The standard InChI is InChI=1S/C14H15N3O2/c18-10-3-5-11(6-4-10)19-12-8-16-14(17-9-12)13-2-1-7-15-13/h3-6,8-9,13,15,18H,1-2,7H2. The van der Waals surface area contributed by atoms with Crippen LogP contribution in [0.5, 0.6) is 17.2 Å². The number of phenols is 1. The molecule has 2 N–H and O–H groups in total. The zero-order valence-electron chi connectivity index (χ0n) is 10.4. The predicted molar refractivity (Wildman–Crippen MR) is 70.2 cm³/mol. The first kappa shape index (κ1) is 11.9. The number of nitrogens with one attached hydrogen (secondary N) is 1. The Morgan fingerprint density at radius 1 is 1.11 bits per heavy atom. The van der Waals surface area contributed by atoms with E-state index in [1.165, 1.54) is 6.42 Å². The predicted octanol–water partition coefficient (Wildman–Crippen LogP) is 2.40. The van der Waals surface area contributed by atoms with Crippen LogP contribution in [-0.2, 0) is 0 Å². The average Bonchev–Trinajstić information content (AvgIpc) is 2.96. The van der Waals surface area contributed by atoms with E-state index in [4.69, 9.17) is 4.74 Å². The van der Waals surface area contributed by atoms with Crippen molar-refractivity contribution in [1.29, 1.82) is 0 Å². The Labute approximate surface area is 111 Å². The van der Waals surface area contributed by atoms with Crippen molar-refractivity contribution in [3.8, 4) is 17.2 Å². The minimum Gasteiger partial charge on any atom is -0.508 e. The van der Waals surface area contributed by atoms with Gasteiger partial charge in [0, 0.05) is 0 Å². The molecule has 1 unspecified atom stereocenters. The summed E-state index contributed by atoms with van der Waals surface area (Å²) in [5.74, 6) is 2.27. The zero-order chi connectivity index (χ0) is 13.1. The highest BCUT2D eigenvalue weighted by Gasteiger charge is 2.18. The van der Waals surface area contributed by atoms with Gasteiger partial charge in [-0.1, -0.05) is 0 Å². The van der Waals surface area contributed by atoms with Crippen LogP contribution in [0, 0.1) is 0 Å². The van der Waals surface area contributed by atoms with Gasteiger partial charge in [-0.2, -0.15) is 0 Å². The van der Waals surface area contributed by atoms with Crippen LogP contribution in [0.15, 0.2) is 36.7 Å². The first-order valence-electron chi connectivity index (χ1n) is 6.33. The minimum absolute atomic E-state index is 0.214. The Bertz CT molecular complexity index is 534. The number of aromatic hydroxyl groups is 1. The molecule has 0 bridgehead atoms. The number of ether oxygens (including phenoxy) is 1. The maximum Gasteiger partial charge on any atom is 0.164 e. The van der Waals surface area contributed by atoms with Gasteiger partial charge >= 0.3 is 0 Å². The number of aromatic nitrogens is 2. The van der Waals surface area contributed by atoms with Gasteiger partial charge in [0.15, 0.2) is 5.75 Å². The Morgan fingerprint density at radius 3 is 2.47 bits per heavy atom. The van der Waals surface area contributed by atoms with Crippen LogP contribution in [-0.4, -0.2) is 21.6 Å². The highest BCUT2D eigenvalue weighted by atomic mass is 16.5. The van der Waals surface area contributed by atoms with Gasteiger partial charge in [-0.05, 0) is 43.7 Å². The maximum absolute atomic E-state index is 9.19. The van der Waals surface area contributed by atoms with Crippen LogP contribution in [0.1, 0.15) is 24.7 Å². The largest absolute Gasteiger partial charge is 0.508 e. The smallest absolute Gasteiger partial charge is 0.164 e. The summed E-state index contributed by atoms with van der Waals surface area (Å²) < 4.78 is 5.59. The second-order valence-corrected chi connectivity index (χ2v) is 4.52. The molecule has 5 heteroatoms. The first-order valence-corrected chi connectivity index (χ1v) is 6.33. The molecule has 1 fully saturated rings. The number of nitrogens with zero attached hydrogens (tertiary/aromatic N) is 2. The zero-order valence-corrected chi connectivity index (χ0v) is 10.4. The summed E-state index contributed by atoms with van der Waals surface area (Å²) in [6, 6.07) is 6.81. The molecule has 1 aromatic heterocycles. The van der Waals surface area contributed by atoms with Crippen LogP contribution in [0.4, 0.5) is 0 Å². The van der Waals surface area contributed by atoms with E-state index in [1.807, 2.05) is 0 Å². The van der Waals surface area contributed by atoms with E-state index < -0.39 is 0 Å². The molecule has 19 heavy (non-hydrogen) atoms. The summed E-state index contributed by atoms with van der Waals surface area (Å²) >= 11 is 0. The summed E-state index contributed by atoms with van der Waals surface area (Å²) in [4.78, 5) is 8.65. The molecule has 0 aliphatic carbocycles. The van der Waals surface area contributed by atoms with Gasteiger partial charge in [-0.3, -0.25) is 0 Å². The van der Waals surface area contributed by atoms with Crippen molar-refractivity contribution >= 4 is 0 Å². The number of phenolic OH excluding ortho intramolecular Hbond substituents is 1. The Balaban J connectivity index is 1.70. The highest BCUT2D eigenvalue weighted by Crippen LogP contribution is 2.24. The van der Waals surface area contributed by atoms with Crippen molar-refractivity contribution in [3.63, 3.8) is 0 Å². The average molecular weight is 257 g/mol. The summed E-state index contributed by atoms with van der Waals surface area (Å²) in [7, 11) is 0. The van der Waals surface area contributed by atoms with Crippen molar-refractivity contribution in [2.75, 3.05) is 6.54 Å². The van der Waals surface area contributed by atoms with E-state index in [2.05, 4.69) is 15.3 Å². The van der Waals surface area contributed by atoms with Crippen molar-refractivity contribution < 1.29 is 9.84 Å². The fraction of sp³-hybridized carbons (Fsp3) is 0.286. The maximum atomic E-state index is 9.19. The molecule has 1 aliphatic heterocycles. The molecule has 5 nitrogen and oxygen atoms in total. The van der Waals surface area contributed by atoms with Gasteiger partial charge in [0.2, 0.25) is 0 Å². The lowest BCUT2D eigenvalue weighted by molar-refractivity contribution is 0.461. The molecule has 0 spiro atoms. The lowest BCUT2D eigenvalue weighted by Gasteiger charge is -2.09. The van der Waals surface area contributed by atoms with Crippen molar-refractivity contribution in [2.24, 2.45) is 0 Å². The molecule has 2 aromatic rings. The quantitative estimate of drug-likeness (QED) is 0.883. The molecule has 1 aliphatic rings. The van der Waals surface area contributed by atoms with Gasteiger partial charge in [0.1, 0.15) is 17.3 Å². The van der Waals surface area contributed by atoms with E-state index in [-0.39, 0.29) is 11.8 Å². The summed E-state index contributed by atoms with van der Waals surface area (Å²) in [5.41, 5.74) is 0.